The summed E-state index contributed by atoms with van der Waals surface area (Å²) in [6.45, 7) is 6.10. The standard InChI is InChI=1S/C15H27N5O.HI/c1-4-16-15(17-9-14-10-18-20(3)11-14)19(2)7-8-21-12-13-5-6-13;/h10-11,13H,4-9,12H2,1-3H3,(H,16,17);1H. The summed E-state index contributed by atoms with van der Waals surface area (Å²) in [6.07, 6.45) is 6.52. The van der Waals surface area contributed by atoms with E-state index in [0.717, 1.165) is 43.7 Å². The third kappa shape index (κ3) is 6.95. The van der Waals surface area contributed by atoms with Crippen molar-refractivity contribution in [3.8, 4) is 0 Å². The monoisotopic (exact) mass is 421 g/mol. The van der Waals surface area contributed by atoms with Gasteiger partial charge in [0.15, 0.2) is 5.96 Å². The Morgan fingerprint density at radius 2 is 2.32 bits per heavy atom. The molecule has 0 bridgehead atoms. The van der Waals surface area contributed by atoms with Crippen molar-refractivity contribution in [2.45, 2.75) is 26.3 Å². The van der Waals surface area contributed by atoms with Crippen LogP contribution in [0.2, 0.25) is 0 Å². The first kappa shape index (κ1) is 19.2. The van der Waals surface area contributed by atoms with Crippen LogP contribution in [0.5, 0.6) is 0 Å². The van der Waals surface area contributed by atoms with Gasteiger partial charge in [0.05, 0.1) is 19.3 Å². The molecule has 0 amide bonds. The number of halogens is 1. The predicted octanol–water partition coefficient (Wildman–Crippen LogP) is 1.86. The lowest BCUT2D eigenvalue weighted by atomic mass is 10.4. The van der Waals surface area contributed by atoms with E-state index in [9.17, 15) is 0 Å². The van der Waals surface area contributed by atoms with E-state index < -0.39 is 0 Å². The zero-order chi connectivity index (χ0) is 15.1. The normalized spacial score (nSPS) is 14.6. The molecule has 1 N–H and O–H groups in total. The van der Waals surface area contributed by atoms with Crippen molar-refractivity contribution in [1.29, 1.82) is 0 Å². The number of nitrogens with zero attached hydrogens (tertiary/aromatic N) is 4. The van der Waals surface area contributed by atoms with E-state index in [-0.39, 0.29) is 24.0 Å². The highest BCUT2D eigenvalue weighted by molar-refractivity contribution is 14.0. The fourth-order valence-electron chi connectivity index (χ4n) is 2.03. The summed E-state index contributed by atoms with van der Waals surface area (Å²) in [7, 11) is 3.97. The molecule has 0 radical (unpaired) electrons. The summed E-state index contributed by atoms with van der Waals surface area (Å²) >= 11 is 0. The van der Waals surface area contributed by atoms with Crippen molar-refractivity contribution in [2.24, 2.45) is 18.0 Å². The number of guanidine groups is 1. The average Bonchev–Trinajstić information content (AvgIpc) is 3.20. The van der Waals surface area contributed by atoms with Crippen molar-refractivity contribution >= 4 is 29.9 Å². The quantitative estimate of drug-likeness (QED) is 0.301. The zero-order valence-corrected chi connectivity index (χ0v) is 16.1. The summed E-state index contributed by atoms with van der Waals surface area (Å²) in [4.78, 5) is 6.76. The Bertz CT molecular complexity index is 459. The molecule has 1 fully saturated rings. The van der Waals surface area contributed by atoms with Gasteiger partial charge in [0, 0.05) is 45.6 Å². The molecule has 1 aliphatic rings. The van der Waals surface area contributed by atoms with E-state index in [1.165, 1.54) is 12.8 Å². The number of hydrogen-bond acceptors (Lipinski definition) is 3. The number of aliphatic imine (C=N–C) groups is 1. The first-order chi connectivity index (χ1) is 10.2. The van der Waals surface area contributed by atoms with Crippen LogP contribution < -0.4 is 5.32 Å². The minimum absolute atomic E-state index is 0. The van der Waals surface area contributed by atoms with Crippen LogP contribution in [0, 0.1) is 5.92 Å². The van der Waals surface area contributed by atoms with Crippen LogP contribution >= 0.6 is 24.0 Å². The molecular weight excluding hydrogens is 393 g/mol. The van der Waals surface area contributed by atoms with E-state index in [1.807, 2.05) is 26.5 Å². The Labute approximate surface area is 150 Å². The first-order valence-corrected chi connectivity index (χ1v) is 7.73. The van der Waals surface area contributed by atoms with Crippen LogP contribution in [0.1, 0.15) is 25.3 Å². The minimum atomic E-state index is 0. The van der Waals surface area contributed by atoms with Gasteiger partial charge in [-0.1, -0.05) is 0 Å². The van der Waals surface area contributed by atoms with Crippen molar-refractivity contribution in [2.75, 3.05) is 33.4 Å². The average molecular weight is 421 g/mol. The molecule has 1 aromatic heterocycles. The second kappa shape index (κ2) is 10.0. The fourth-order valence-corrected chi connectivity index (χ4v) is 2.03. The number of ether oxygens (including phenoxy) is 1. The van der Waals surface area contributed by atoms with Crippen molar-refractivity contribution in [1.82, 2.24) is 20.0 Å². The van der Waals surface area contributed by atoms with Crippen LogP contribution in [0.4, 0.5) is 0 Å². The maximum atomic E-state index is 5.68. The molecule has 1 aromatic rings. The Balaban J connectivity index is 0.00000242. The zero-order valence-electron chi connectivity index (χ0n) is 13.8. The molecule has 1 saturated carbocycles. The molecule has 1 aliphatic carbocycles. The molecule has 126 valence electrons. The Morgan fingerprint density at radius 1 is 1.55 bits per heavy atom. The summed E-state index contributed by atoms with van der Waals surface area (Å²) in [5.74, 6) is 1.74. The van der Waals surface area contributed by atoms with Gasteiger partial charge in [-0.05, 0) is 25.7 Å². The van der Waals surface area contributed by atoms with E-state index in [4.69, 9.17) is 4.74 Å². The van der Waals surface area contributed by atoms with E-state index >= 15 is 0 Å². The fraction of sp³-hybridized carbons (Fsp3) is 0.733. The third-order valence-corrected chi connectivity index (χ3v) is 3.49. The highest BCUT2D eigenvalue weighted by Gasteiger charge is 2.21. The Morgan fingerprint density at radius 3 is 2.91 bits per heavy atom. The van der Waals surface area contributed by atoms with E-state index in [1.54, 1.807) is 4.68 Å². The molecule has 0 aromatic carbocycles. The van der Waals surface area contributed by atoms with E-state index in [2.05, 4.69) is 27.2 Å². The SMILES string of the molecule is CCNC(=NCc1cnn(C)c1)N(C)CCOCC1CC1.I. The van der Waals surface area contributed by atoms with Gasteiger partial charge >= 0.3 is 0 Å². The van der Waals surface area contributed by atoms with Gasteiger partial charge in [0.25, 0.3) is 0 Å². The summed E-state index contributed by atoms with van der Waals surface area (Å²) < 4.78 is 7.48. The number of likely N-dealkylation sites (N-methyl/N-ethyl adjacent to an activating group) is 1. The molecule has 1 heterocycles. The van der Waals surface area contributed by atoms with Gasteiger partial charge in [0.2, 0.25) is 0 Å². The van der Waals surface area contributed by atoms with Crippen LogP contribution in [0.25, 0.3) is 0 Å². The number of aryl methyl sites for hydroxylation is 1. The molecule has 7 heteroatoms. The summed E-state index contributed by atoms with van der Waals surface area (Å²) in [5.41, 5.74) is 1.12. The van der Waals surface area contributed by atoms with Gasteiger partial charge < -0.3 is 15.0 Å². The molecule has 0 saturated heterocycles. The van der Waals surface area contributed by atoms with Crippen LogP contribution in [0.15, 0.2) is 17.4 Å². The highest BCUT2D eigenvalue weighted by atomic mass is 127. The number of aromatic nitrogens is 2. The lowest BCUT2D eigenvalue weighted by molar-refractivity contribution is 0.115. The highest BCUT2D eigenvalue weighted by Crippen LogP contribution is 2.28. The molecule has 0 unspecified atom stereocenters. The van der Waals surface area contributed by atoms with E-state index in [0.29, 0.717) is 6.54 Å². The molecule has 6 nitrogen and oxygen atoms in total. The van der Waals surface area contributed by atoms with Crippen molar-refractivity contribution < 1.29 is 4.74 Å². The van der Waals surface area contributed by atoms with Gasteiger partial charge in [-0.2, -0.15) is 5.10 Å². The molecule has 22 heavy (non-hydrogen) atoms. The third-order valence-electron chi connectivity index (χ3n) is 3.49. The van der Waals surface area contributed by atoms with Crippen molar-refractivity contribution in [3.63, 3.8) is 0 Å². The summed E-state index contributed by atoms with van der Waals surface area (Å²) in [5, 5.41) is 7.48. The molecule has 0 atom stereocenters. The van der Waals surface area contributed by atoms with Gasteiger partial charge in [-0.3, -0.25) is 4.68 Å². The number of hydrogen-bond donors (Lipinski definition) is 1. The van der Waals surface area contributed by atoms with Crippen molar-refractivity contribution in [3.05, 3.63) is 18.0 Å². The Kier molecular flexibility index (Phi) is 8.77. The lowest BCUT2D eigenvalue weighted by Gasteiger charge is -2.21. The second-order valence-corrected chi connectivity index (χ2v) is 5.63. The summed E-state index contributed by atoms with van der Waals surface area (Å²) in [6, 6.07) is 0. The lowest BCUT2D eigenvalue weighted by Crippen LogP contribution is -2.40. The molecule has 0 aliphatic heterocycles. The first-order valence-electron chi connectivity index (χ1n) is 7.73. The van der Waals surface area contributed by atoms with Gasteiger partial charge in [-0.15, -0.1) is 24.0 Å². The van der Waals surface area contributed by atoms with Crippen LogP contribution in [0.3, 0.4) is 0 Å². The van der Waals surface area contributed by atoms with Crippen LogP contribution in [-0.2, 0) is 18.3 Å². The second-order valence-electron chi connectivity index (χ2n) is 5.63. The predicted molar refractivity (Wildman–Crippen MR) is 99.6 cm³/mol. The maximum Gasteiger partial charge on any atom is 0.194 e. The van der Waals surface area contributed by atoms with Crippen LogP contribution in [-0.4, -0.2) is 54.0 Å². The number of rotatable bonds is 8. The smallest absolute Gasteiger partial charge is 0.194 e. The molecular formula is C15H28IN5O. The van der Waals surface area contributed by atoms with Gasteiger partial charge in [-0.25, -0.2) is 4.99 Å². The molecule has 0 spiro atoms. The largest absolute Gasteiger partial charge is 0.379 e. The number of nitrogens with one attached hydrogen (secondary N) is 1. The van der Waals surface area contributed by atoms with Gasteiger partial charge in [0.1, 0.15) is 0 Å². The minimum Gasteiger partial charge on any atom is -0.379 e. The topological polar surface area (TPSA) is 54.7 Å². The maximum absolute atomic E-state index is 5.68. The Hall–Kier alpha value is -0.830. The molecule has 2 rings (SSSR count).